The minimum absolute atomic E-state index is 0.0561. The van der Waals surface area contributed by atoms with Gasteiger partial charge in [0.15, 0.2) is 0 Å². The molecule has 4 amide bonds. The van der Waals surface area contributed by atoms with E-state index in [0.29, 0.717) is 23.1 Å². The summed E-state index contributed by atoms with van der Waals surface area (Å²) in [5.74, 6) is -1.90. The predicted octanol–water partition coefficient (Wildman–Crippen LogP) is 0.0588. The van der Waals surface area contributed by atoms with E-state index >= 15 is 0 Å². The number of hydrogen-bond donors (Lipinski definition) is 3. The van der Waals surface area contributed by atoms with Crippen molar-refractivity contribution in [2.45, 2.75) is 50.2 Å². The number of rotatable bonds is 5. The lowest BCUT2D eigenvalue weighted by Crippen LogP contribution is -2.74. The molecule has 3 saturated carbocycles. The highest BCUT2D eigenvalue weighted by molar-refractivity contribution is 6.24. The third-order valence-corrected chi connectivity index (χ3v) is 6.55. The molecule has 1 atom stereocenters. The standard InChI is InChI=1S/C20H22N4O4/c21-20-7-19(8-20,9-20)10-22-6-11-2-1-3-12-15(11)18(28)24(17(12)27)13-4-5-14(25)23-16(13)26/h1-3,13,22H,4-10,21H2,(H,23,25,26). The second-order valence-electron chi connectivity index (χ2n) is 8.78. The Morgan fingerprint density at radius 1 is 1.14 bits per heavy atom. The quantitative estimate of drug-likeness (QED) is 0.619. The van der Waals surface area contributed by atoms with E-state index in [2.05, 4.69) is 10.6 Å². The predicted molar refractivity (Wildman–Crippen MR) is 98.0 cm³/mol. The molecular formula is C20H22N4O4. The number of piperidine rings is 1. The van der Waals surface area contributed by atoms with Crippen LogP contribution in [0.4, 0.5) is 0 Å². The first kappa shape index (κ1) is 17.5. The second-order valence-corrected chi connectivity index (χ2v) is 8.78. The highest BCUT2D eigenvalue weighted by Crippen LogP contribution is 2.65. The van der Waals surface area contributed by atoms with Crippen LogP contribution in [0.1, 0.15) is 58.4 Å². The molecule has 8 heteroatoms. The number of amides is 4. The van der Waals surface area contributed by atoms with Crippen LogP contribution in [0.5, 0.6) is 0 Å². The fourth-order valence-corrected chi connectivity index (χ4v) is 5.47. The molecule has 2 heterocycles. The van der Waals surface area contributed by atoms with Gasteiger partial charge in [-0.25, -0.2) is 0 Å². The van der Waals surface area contributed by atoms with Crippen LogP contribution in [-0.4, -0.2) is 46.7 Å². The minimum Gasteiger partial charge on any atom is -0.325 e. The molecule has 1 saturated heterocycles. The second kappa shape index (κ2) is 5.71. The first-order valence-corrected chi connectivity index (χ1v) is 9.64. The molecule has 1 unspecified atom stereocenters. The summed E-state index contributed by atoms with van der Waals surface area (Å²) in [7, 11) is 0. The molecule has 5 aliphatic rings. The molecule has 8 nitrogen and oxygen atoms in total. The monoisotopic (exact) mass is 382 g/mol. The Hall–Kier alpha value is -2.58. The Morgan fingerprint density at radius 3 is 2.57 bits per heavy atom. The van der Waals surface area contributed by atoms with Gasteiger partial charge in [0, 0.05) is 25.0 Å². The molecule has 0 spiro atoms. The van der Waals surface area contributed by atoms with Gasteiger partial charge in [0.2, 0.25) is 11.8 Å². The summed E-state index contributed by atoms with van der Waals surface area (Å²) in [6, 6.07) is 4.26. The van der Waals surface area contributed by atoms with Crippen molar-refractivity contribution in [2.75, 3.05) is 6.54 Å². The number of fused-ring (bicyclic) bond motifs is 1. The van der Waals surface area contributed by atoms with Crippen molar-refractivity contribution in [3.05, 3.63) is 34.9 Å². The molecule has 146 valence electrons. The Morgan fingerprint density at radius 2 is 1.89 bits per heavy atom. The SMILES string of the molecule is NC12CC(CNCc3cccc4c3C(=O)N(C3CCC(=O)NC3=O)C4=O)(C1)C2. The Labute approximate surface area is 161 Å². The number of carbonyl (C=O) groups excluding carboxylic acids is 4. The summed E-state index contributed by atoms with van der Waals surface area (Å²) in [5.41, 5.74) is 7.88. The Kier molecular flexibility index (Phi) is 3.57. The van der Waals surface area contributed by atoms with Crippen molar-refractivity contribution in [2.24, 2.45) is 11.1 Å². The number of benzene rings is 1. The topological polar surface area (TPSA) is 122 Å². The van der Waals surface area contributed by atoms with Gasteiger partial charge < -0.3 is 11.1 Å². The first-order valence-electron chi connectivity index (χ1n) is 9.64. The van der Waals surface area contributed by atoms with E-state index in [1.54, 1.807) is 12.1 Å². The van der Waals surface area contributed by atoms with Crippen LogP contribution in [-0.2, 0) is 16.1 Å². The normalized spacial score (nSPS) is 33.3. The van der Waals surface area contributed by atoms with E-state index in [4.69, 9.17) is 5.73 Å². The van der Waals surface area contributed by atoms with Crippen molar-refractivity contribution in [1.29, 1.82) is 0 Å². The maximum atomic E-state index is 13.0. The van der Waals surface area contributed by atoms with Gasteiger partial charge in [-0.15, -0.1) is 0 Å². The van der Waals surface area contributed by atoms with Crippen molar-refractivity contribution in [1.82, 2.24) is 15.5 Å². The highest BCUT2D eigenvalue weighted by atomic mass is 16.2. The molecule has 0 radical (unpaired) electrons. The summed E-state index contributed by atoms with van der Waals surface area (Å²) >= 11 is 0. The van der Waals surface area contributed by atoms with E-state index in [0.717, 1.165) is 36.3 Å². The zero-order valence-corrected chi connectivity index (χ0v) is 15.4. The van der Waals surface area contributed by atoms with Gasteiger partial charge in [-0.1, -0.05) is 12.1 Å². The number of hydrogen-bond acceptors (Lipinski definition) is 6. The average molecular weight is 382 g/mol. The molecular weight excluding hydrogens is 360 g/mol. The lowest BCUT2D eigenvalue weighted by Gasteiger charge is -2.69. The third kappa shape index (κ3) is 2.44. The van der Waals surface area contributed by atoms with E-state index in [-0.39, 0.29) is 24.3 Å². The summed E-state index contributed by atoms with van der Waals surface area (Å²) < 4.78 is 0. The number of nitrogens with one attached hydrogen (secondary N) is 2. The number of carbonyl (C=O) groups is 4. The lowest BCUT2D eigenvalue weighted by atomic mass is 9.40. The van der Waals surface area contributed by atoms with Crippen LogP contribution in [0.2, 0.25) is 0 Å². The van der Waals surface area contributed by atoms with Crippen LogP contribution in [0.3, 0.4) is 0 Å². The third-order valence-electron chi connectivity index (χ3n) is 6.55. The molecule has 0 aromatic heterocycles. The summed E-state index contributed by atoms with van der Waals surface area (Å²) in [6.45, 7) is 1.32. The highest BCUT2D eigenvalue weighted by Gasteiger charge is 2.65. The van der Waals surface area contributed by atoms with Crippen LogP contribution in [0, 0.1) is 5.41 Å². The fourth-order valence-electron chi connectivity index (χ4n) is 5.47. The average Bonchev–Trinajstić information content (AvgIpc) is 2.85. The summed E-state index contributed by atoms with van der Waals surface area (Å²) in [5, 5.41) is 5.63. The van der Waals surface area contributed by atoms with Crippen molar-refractivity contribution >= 4 is 23.6 Å². The van der Waals surface area contributed by atoms with E-state index < -0.39 is 23.8 Å². The van der Waals surface area contributed by atoms with Gasteiger partial charge in [0.25, 0.3) is 11.8 Å². The lowest BCUT2D eigenvalue weighted by molar-refractivity contribution is -0.136. The zero-order chi connectivity index (χ0) is 19.7. The molecule has 28 heavy (non-hydrogen) atoms. The zero-order valence-electron chi connectivity index (χ0n) is 15.4. The van der Waals surface area contributed by atoms with Gasteiger partial charge in [-0.05, 0) is 42.7 Å². The van der Waals surface area contributed by atoms with Crippen molar-refractivity contribution < 1.29 is 19.2 Å². The molecule has 4 fully saturated rings. The molecule has 4 N–H and O–H groups in total. The maximum absolute atomic E-state index is 13.0. The molecule has 2 bridgehead atoms. The van der Waals surface area contributed by atoms with E-state index in [1.807, 2.05) is 6.07 Å². The van der Waals surface area contributed by atoms with Crippen LogP contribution >= 0.6 is 0 Å². The Balaban J connectivity index is 1.33. The maximum Gasteiger partial charge on any atom is 0.262 e. The number of imide groups is 2. The van der Waals surface area contributed by atoms with Crippen LogP contribution in [0.15, 0.2) is 18.2 Å². The van der Waals surface area contributed by atoms with E-state index in [9.17, 15) is 19.2 Å². The molecule has 3 aliphatic carbocycles. The molecule has 2 aliphatic heterocycles. The van der Waals surface area contributed by atoms with Crippen LogP contribution < -0.4 is 16.4 Å². The molecule has 1 aromatic rings. The van der Waals surface area contributed by atoms with Crippen LogP contribution in [0.25, 0.3) is 0 Å². The summed E-state index contributed by atoms with van der Waals surface area (Å²) in [6.07, 6.45) is 3.40. The van der Waals surface area contributed by atoms with Crippen molar-refractivity contribution in [3.63, 3.8) is 0 Å². The van der Waals surface area contributed by atoms with Crippen molar-refractivity contribution in [3.8, 4) is 0 Å². The largest absolute Gasteiger partial charge is 0.325 e. The minimum atomic E-state index is -0.938. The van der Waals surface area contributed by atoms with Gasteiger partial charge in [0.1, 0.15) is 6.04 Å². The number of nitrogens with two attached hydrogens (primary N) is 1. The first-order chi connectivity index (χ1) is 13.3. The molecule has 6 rings (SSSR count). The number of nitrogens with zero attached hydrogens (tertiary/aromatic N) is 1. The van der Waals surface area contributed by atoms with Gasteiger partial charge in [0.05, 0.1) is 11.1 Å². The Bertz CT molecular complexity index is 920. The fraction of sp³-hybridized carbons (Fsp3) is 0.500. The summed E-state index contributed by atoms with van der Waals surface area (Å²) in [4.78, 5) is 50.4. The van der Waals surface area contributed by atoms with E-state index in [1.165, 1.54) is 0 Å². The van der Waals surface area contributed by atoms with Gasteiger partial charge in [-0.2, -0.15) is 0 Å². The van der Waals surface area contributed by atoms with Gasteiger partial charge in [-0.3, -0.25) is 29.4 Å². The molecule has 1 aromatic carbocycles. The van der Waals surface area contributed by atoms with Gasteiger partial charge >= 0.3 is 0 Å². The smallest absolute Gasteiger partial charge is 0.262 e.